The molecule has 1 rings (SSSR count). The lowest BCUT2D eigenvalue weighted by molar-refractivity contribution is -0.119. The smallest absolute Gasteiger partial charge is 0.234 e. The van der Waals surface area contributed by atoms with Gasteiger partial charge in [-0.05, 0) is 24.6 Å². The standard InChI is InChI=1S/C9H13N3O/c1-7(9(10)13)12-6-8-2-4-11-5-3-8/h2-5,7,12H,6H2,1H3,(H2,10,13)/t7-/m0/s1. The molecule has 1 aromatic rings. The minimum atomic E-state index is -0.339. The quantitative estimate of drug-likeness (QED) is 0.686. The predicted molar refractivity (Wildman–Crippen MR) is 49.7 cm³/mol. The summed E-state index contributed by atoms with van der Waals surface area (Å²) >= 11 is 0. The van der Waals surface area contributed by atoms with Gasteiger partial charge in [0.25, 0.3) is 0 Å². The normalized spacial score (nSPS) is 12.4. The monoisotopic (exact) mass is 179 g/mol. The van der Waals surface area contributed by atoms with Crippen LogP contribution in [0, 0.1) is 0 Å². The van der Waals surface area contributed by atoms with E-state index in [-0.39, 0.29) is 11.9 Å². The van der Waals surface area contributed by atoms with E-state index >= 15 is 0 Å². The van der Waals surface area contributed by atoms with Gasteiger partial charge < -0.3 is 11.1 Å². The Bertz CT molecular complexity index is 273. The zero-order chi connectivity index (χ0) is 9.68. The Labute approximate surface area is 77.2 Å². The molecular weight excluding hydrogens is 166 g/mol. The number of primary amides is 1. The van der Waals surface area contributed by atoms with E-state index in [1.807, 2.05) is 12.1 Å². The first-order valence-corrected chi connectivity index (χ1v) is 4.12. The van der Waals surface area contributed by atoms with Crippen molar-refractivity contribution in [2.75, 3.05) is 0 Å². The van der Waals surface area contributed by atoms with Gasteiger partial charge in [0.1, 0.15) is 0 Å². The van der Waals surface area contributed by atoms with Gasteiger partial charge in [0.2, 0.25) is 5.91 Å². The van der Waals surface area contributed by atoms with Crippen LogP contribution in [-0.2, 0) is 11.3 Å². The number of rotatable bonds is 4. The summed E-state index contributed by atoms with van der Waals surface area (Å²) in [5.74, 6) is -0.339. The van der Waals surface area contributed by atoms with E-state index in [0.717, 1.165) is 5.56 Å². The highest BCUT2D eigenvalue weighted by molar-refractivity contribution is 5.79. The number of nitrogens with two attached hydrogens (primary N) is 1. The van der Waals surface area contributed by atoms with E-state index in [9.17, 15) is 4.79 Å². The van der Waals surface area contributed by atoms with E-state index in [1.165, 1.54) is 0 Å². The van der Waals surface area contributed by atoms with Crippen molar-refractivity contribution in [2.24, 2.45) is 5.73 Å². The first-order valence-electron chi connectivity index (χ1n) is 4.12. The molecule has 0 aliphatic rings. The minimum Gasteiger partial charge on any atom is -0.368 e. The Kier molecular flexibility index (Phi) is 3.40. The van der Waals surface area contributed by atoms with Crippen LogP contribution in [0.4, 0.5) is 0 Å². The average molecular weight is 179 g/mol. The third kappa shape index (κ3) is 3.21. The maximum absolute atomic E-state index is 10.7. The number of nitrogens with one attached hydrogen (secondary N) is 1. The molecule has 0 radical (unpaired) electrons. The summed E-state index contributed by atoms with van der Waals surface area (Å²) in [6.45, 7) is 2.37. The Balaban J connectivity index is 2.39. The number of hydrogen-bond acceptors (Lipinski definition) is 3. The molecule has 4 nitrogen and oxygen atoms in total. The predicted octanol–water partition coefficient (Wildman–Crippen LogP) is 0.0450. The van der Waals surface area contributed by atoms with Gasteiger partial charge in [-0.15, -0.1) is 0 Å². The van der Waals surface area contributed by atoms with Crippen molar-refractivity contribution in [2.45, 2.75) is 19.5 Å². The maximum Gasteiger partial charge on any atom is 0.234 e. The number of aromatic nitrogens is 1. The molecule has 0 saturated carbocycles. The fraction of sp³-hybridized carbons (Fsp3) is 0.333. The molecule has 0 aliphatic carbocycles. The fourth-order valence-corrected chi connectivity index (χ4v) is 0.872. The molecule has 0 fully saturated rings. The molecule has 1 aromatic heterocycles. The number of hydrogen-bond donors (Lipinski definition) is 2. The Morgan fingerprint density at radius 2 is 2.23 bits per heavy atom. The van der Waals surface area contributed by atoms with Crippen LogP contribution in [-0.4, -0.2) is 16.9 Å². The summed E-state index contributed by atoms with van der Waals surface area (Å²) < 4.78 is 0. The van der Waals surface area contributed by atoms with Crippen LogP contribution in [0.25, 0.3) is 0 Å². The van der Waals surface area contributed by atoms with Crippen LogP contribution in [0.3, 0.4) is 0 Å². The molecule has 1 heterocycles. The van der Waals surface area contributed by atoms with Crippen molar-refractivity contribution >= 4 is 5.91 Å². The topological polar surface area (TPSA) is 68.0 Å². The zero-order valence-corrected chi connectivity index (χ0v) is 7.53. The van der Waals surface area contributed by atoms with Gasteiger partial charge in [0.05, 0.1) is 6.04 Å². The van der Waals surface area contributed by atoms with Gasteiger partial charge in [-0.25, -0.2) is 0 Å². The number of pyridine rings is 1. The van der Waals surface area contributed by atoms with Crippen LogP contribution in [0.5, 0.6) is 0 Å². The number of nitrogens with zero attached hydrogens (tertiary/aromatic N) is 1. The van der Waals surface area contributed by atoms with Gasteiger partial charge in [-0.1, -0.05) is 0 Å². The Morgan fingerprint density at radius 1 is 1.62 bits per heavy atom. The fourth-order valence-electron chi connectivity index (χ4n) is 0.872. The Hall–Kier alpha value is -1.42. The molecule has 1 atom stereocenters. The summed E-state index contributed by atoms with van der Waals surface area (Å²) in [4.78, 5) is 14.6. The molecule has 0 aliphatic heterocycles. The largest absolute Gasteiger partial charge is 0.368 e. The zero-order valence-electron chi connectivity index (χ0n) is 7.53. The number of carbonyl (C=O) groups is 1. The lowest BCUT2D eigenvalue weighted by atomic mass is 10.2. The van der Waals surface area contributed by atoms with E-state index in [4.69, 9.17) is 5.73 Å². The molecule has 0 spiro atoms. The van der Waals surface area contributed by atoms with Crippen molar-refractivity contribution in [3.05, 3.63) is 30.1 Å². The molecule has 0 saturated heterocycles. The third-order valence-corrected chi connectivity index (χ3v) is 1.79. The van der Waals surface area contributed by atoms with Gasteiger partial charge in [-0.3, -0.25) is 9.78 Å². The van der Waals surface area contributed by atoms with Gasteiger partial charge in [-0.2, -0.15) is 0 Å². The van der Waals surface area contributed by atoms with Crippen LogP contribution in [0.15, 0.2) is 24.5 Å². The SMILES string of the molecule is C[C@H](NCc1ccncc1)C(N)=O. The summed E-state index contributed by atoms with van der Waals surface area (Å²) in [5, 5.41) is 3.00. The summed E-state index contributed by atoms with van der Waals surface area (Å²) in [7, 11) is 0. The van der Waals surface area contributed by atoms with E-state index < -0.39 is 0 Å². The molecular formula is C9H13N3O. The molecule has 0 bridgehead atoms. The summed E-state index contributed by atoms with van der Waals surface area (Å²) in [5.41, 5.74) is 6.17. The molecule has 13 heavy (non-hydrogen) atoms. The van der Waals surface area contributed by atoms with Crippen molar-refractivity contribution in [3.8, 4) is 0 Å². The van der Waals surface area contributed by atoms with Crippen LogP contribution in [0.1, 0.15) is 12.5 Å². The average Bonchev–Trinajstić information content (AvgIpc) is 2.15. The molecule has 1 amide bonds. The Morgan fingerprint density at radius 3 is 2.77 bits per heavy atom. The molecule has 0 aromatic carbocycles. The van der Waals surface area contributed by atoms with Crippen LogP contribution < -0.4 is 11.1 Å². The van der Waals surface area contributed by atoms with Gasteiger partial charge in [0.15, 0.2) is 0 Å². The van der Waals surface area contributed by atoms with E-state index in [1.54, 1.807) is 19.3 Å². The summed E-state index contributed by atoms with van der Waals surface area (Å²) in [6, 6.07) is 3.48. The van der Waals surface area contributed by atoms with Crippen LogP contribution in [0.2, 0.25) is 0 Å². The molecule has 4 heteroatoms. The molecule has 70 valence electrons. The van der Waals surface area contributed by atoms with Crippen LogP contribution >= 0.6 is 0 Å². The van der Waals surface area contributed by atoms with Gasteiger partial charge in [0, 0.05) is 18.9 Å². The first-order chi connectivity index (χ1) is 6.20. The minimum absolute atomic E-state index is 0.298. The highest BCUT2D eigenvalue weighted by Crippen LogP contribution is 1.95. The second kappa shape index (κ2) is 4.57. The summed E-state index contributed by atoms with van der Waals surface area (Å²) in [6.07, 6.45) is 3.43. The van der Waals surface area contributed by atoms with Crippen molar-refractivity contribution < 1.29 is 4.79 Å². The second-order valence-corrected chi connectivity index (χ2v) is 2.86. The highest BCUT2D eigenvalue weighted by atomic mass is 16.1. The van der Waals surface area contributed by atoms with Crippen molar-refractivity contribution in [1.29, 1.82) is 0 Å². The van der Waals surface area contributed by atoms with Crippen molar-refractivity contribution in [3.63, 3.8) is 0 Å². The maximum atomic E-state index is 10.7. The van der Waals surface area contributed by atoms with E-state index in [2.05, 4.69) is 10.3 Å². The lowest BCUT2D eigenvalue weighted by Crippen LogP contribution is -2.38. The number of amides is 1. The first kappa shape index (κ1) is 9.67. The lowest BCUT2D eigenvalue weighted by Gasteiger charge is -2.09. The second-order valence-electron chi connectivity index (χ2n) is 2.86. The van der Waals surface area contributed by atoms with E-state index in [0.29, 0.717) is 6.54 Å². The third-order valence-electron chi connectivity index (χ3n) is 1.79. The molecule has 3 N–H and O–H groups in total. The van der Waals surface area contributed by atoms with Crippen molar-refractivity contribution in [1.82, 2.24) is 10.3 Å². The number of carbonyl (C=O) groups excluding carboxylic acids is 1. The molecule has 0 unspecified atom stereocenters. The highest BCUT2D eigenvalue weighted by Gasteiger charge is 2.06. The van der Waals surface area contributed by atoms with Gasteiger partial charge >= 0.3 is 0 Å².